The molecule has 0 saturated heterocycles. The van der Waals surface area contributed by atoms with E-state index in [4.69, 9.17) is 8.83 Å². The van der Waals surface area contributed by atoms with E-state index in [0.29, 0.717) is 0 Å². The highest BCUT2D eigenvalue weighted by Crippen LogP contribution is 2.47. The number of hydrogen-bond donors (Lipinski definition) is 0. The Morgan fingerprint density at radius 3 is 1.33 bits per heavy atom. The third-order valence-electron chi connectivity index (χ3n) is 6.45. The van der Waals surface area contributed by atoms with Crippen LogP contribution in [-0.4, -0.2) is 16.1 Å². The summed E-state index contributed by atoms with van der Waals surface area (Å²) in [6.07, 6.45) is 0. The lowest BCUT2D eigenvalue weighted by Crippen LogP contribution is -2.39. The Bertz CT molecular complexity index is 1430. The van der Waals surface area contributed by atoms with Crippen molar-refractivity contribution in [3.05, 3.63) is 48.5 Å². The van der Waals surface area contributed by atoms with Crippen LogP contribution >= 0.6 is 0 Å². The van der Waals surface area contributed by atoms with Gasteiger partial charge in [-0.2, -0.15) is 0 Å². The smallest absolute Gasteiger partial charge is 0.136 e. The van der Waals surface area contributed by atoms with Crippen LogP contribution in [0, 0.1) is 0 Å². The zero-order chi connectivity index (χ0) is 21.0. The molecule has 2 aliphatic rings. The van der Waals surface area contributed by atoms with E-state index in [2.05, 4.69) is 87.8 Å². The molecule has 0 atom stereocenters. The van der Waals surface area contributed by atoms with Crippen LogP contribution in [-0.2, 0) is 0 Å². The fraction of sp³-hybridized carbons (Fsp3) is 0.231. The number of hydrogen-bond acceptors (Lipinski definition) is 2. The maximum absolute atomic E-state index is 6.71. The summed E-state index contributed by atoms with van der Waals surface area (Å²) in [5.41, 5.74) is 6.55. The molecule has 0 saturated carbocycles. The van der Waals surface area contributed by atoms with Crippen LogP contribution in [0.1, 0.15) is 0 Å². The van der Waals surface area contributed by atoms with Crippen LogP contribution < -0.4 is 10.4 Å². The van der Waals surface area contributed by atoms with Gasteiger partial charge in [0.05, 0.1) is 16.1 Å². The molecule has 0 N–H and O–H groups in total. The molecule has 2 aliphatic heterocycles. The normalized spacial score (nSPS) is 13.7. The molecule has 30 heavy (non-hydrogen) atoms. The van der Waals surface area contributed by atoms with Crippen molar-refractivity contribution in [2.45, 2.75) is 39.3 Å². The molecule has 0 amide bonds. The van der Waals surface area contributed by atoms with Crippen molar-refractivity contribution in [3.63, 3.8) is 0 Å². The summed E-state index contributed by atoms with van der Waals surface area (Å²) >= 11 is 0. The van der Waals surface area contributed by atoms with E-state index in [9.17, 15) is 0 Å². The first kappa shape index (κ1) is 18.2. The van der Waals surface area contributed by atoms with E-state index < -0.39 is 16.1 Å². The van der Waals surface area contributed by atoms with E-state index in [1.54, 1.807) is 0 Å². The van der Waals surface area contributed by atoms with Crippen molar-refractivity contribution >= 4 is 70.4 Å². The zero-order valence-corrected chi connectivity index (χ0v) is 20.4. The minimum atomic E-state index is -1.64. The quantitative estimate of drug-likeness (QED) is 0.167. The summed E-state index contributed by atoms with van der Waals surface area (Å²) in [6, 6.07) is 17.6. The van der Waals surface area contributed by atoms with Gasteiger partial charge < -0.3 is 8.83 Å². The number of benzene rings is 4. The SMILES string of the molecule is C[Si](C)(C)c1cc2cccc3oc4c([Si](C)(C)C)cc5cccc6oc1c(c23)-c4c56. The zero-order valence-electron chi connectivity index (χ0n) is 18.4. The lowest BCUT2D eigenvalue weighted by Gasteiger charge is -2.28. The van der Waals surface area contributed by atoms with Gasteiger partial charge in [-0.3, -0.25) is 0 Å². The maximum Gasteiger partial charge on any atom is 0.136 e. The van der Waals surface area contributed by atoms with Crippen LogP contribution in [0.15, 0.2) is 57.4 Å². The number of rotatable bonds is 2. The fourth-order valence-corrected chi connectivity index (χ4v) is 7.90. The van der Waals surface area contributed by atoms with Crippen LogP contribution in [0.5, 0.6) is 0 Å². The molecule has 2 heterocycles. The van der Waals surface area contributed by atoms with Gasteiger partial charge in [0.2, 0.25) is 0 Å². The van der Waals surface area contributed by atoms with Gasteiger partial charge in [-0.05, 0) is 33.3 Å². The van der Waals surface area contributed by atoms with Gasteiger partial charge in [-0.1, -0.05) is 75.7 Å². The molecule has 0 spiro atoms. The Balaban J connectivity index is 2.01. The van der Waals surface area contributed by atoms with Crippen molar-refractivity contribution < 1.29 is 8.83 Å². The van der Waals surface area contributed by atoms with E-state index in [1.165, 1.54) is 43.0 Å². The highest BCUT2D eigenvalue weighted by Gasteiger charge is 2.33. The third-order valence-corrected chi connectivity index (χ3v) is 10.4. The molecule has 0 radical (unpaired) electrons. The largest absolute Gasteiger partial charge is 0.456 e. The first-order valence-electron chi connectivity index (χ1n) is 10.7. The molecule has 4 aromatic carbocycles. The molecule has 0 fully saturated rings. The van der Waals surface area contributed by atoms with Crippen LogP contribution in [0.2, 0.25) is 39.3 Å². The molecule has 0 unspecified atom stereocenters. The molecule has 0 bridgehead atoms. The summed E-state index contributed by atoms with van der Waals surface area (Å²) < 4.78 is 13.4. The standard InChI is InChI=1S/C26H26O2Si2/c1-29(2,3)19-13-15-9-7-12-18-21(15)23-24-22-16(10-8-11-17(22)27-25(19)23)14-20(26(24)28-18)30(4,5)6/h7-14H,1-6H3. The van der Waals surface area contributed by atoms with Gasteiger partial charge in [0, 0.05) is 21.9 Å². The molecular formula is C26H26O2Si2. The van der Waals surface area contributed by atoms with E-state index >= 15 is 0 Å². The van der Waals surface area contributed by atoms with Crippen molar-refractivity contribution in [1.82, 2.24) is 0 Å². The minimum absolute atomic E-state index is 0.959. The van der Waals surface area contributed by atoms with Gasteiger partial charge in [-0.25, -0.2) is 0 Å². The van der Waals surface area contributed by atoms with Gasteiger partial charge in [0.15, 0.2) is 0 Å². The Morgan fingerprint density at radius 2 is 0.967 bits per heavy atom. The third kappa shape index (κ3) is 2.29. The Kier molecular flexibility index (Phi) is 3.38. The Hall–Kier alpha value is -2.57. The van der Waals surface area contributed by atoms with Gasteiger partial charge in [0.25, 0.3) is 0 Å². The highest BCUT2D eigenvalue weighted by molar-refractivity contribution is 6.91. The second-order valence-corrected chi connectivity index (χ2v) is 20.7. The van der Waals surface area contributed by atoms with Crippen molar-refractivity contribution in [2.75, 3.05) is 0 Å². The van der Waals surface area contributed by atoms with Crippen molar-refractivity contribution in [2.24, 2.45) is 0 Å². The maximum atomic E-state index is 6.71. The molecule has 4 heteroatoms. The Labute approximate surface area is 178 Å². The first-order chi connectivity index (χ1) is 14.1. The lowest BCUT2D eigenvalue weighted by atomic mass is 9.90. The topological polar surface area (TPSA) is 26.3 Å². The molecule has 0 aliphatic carbocycles. The van der Waals surface area contributed by atoms with Crippen molar-refractivity contribution in [3.8, 4) is 11.1 Å². The summed E-state index contributed by atoms with van der Waals surface area (Å²) in [7, 11) is -3.28. The Morgan fingerprint density at radius 1 is 0.567 bits per heavy atom. The average molecular weight is 427 g/mol. The summed E-state index contributed by atoms with van der Waals surface area (Å²) in [6.45, 7) is 14.4. The highest BCUT2D eigenvalue weighted by atomic mass is 28.3. The molecule has 150 valence electrons. The van der Waals surface area contributed by atoms with Crippen LogP contribution in [0.4, 0.5) is 0 Å². The molecule has 4 aromatic rings. The van der Waals surface area contributed by atoms with Crippen LogP contribution in [0.25, 0.3) is 55.0 Å². The summed E-state index contributed by atoms with van der Waals surface area (Å²) in [4.78, 5) is 0. The summed E-state index contributed by atoms with van der Waals surface area (Å²) in [5.74, 6) is 0. The van der Waals surface area contributed by atoms with Gasteiger partial charge in [0.1, 0.15) is 22.3 Å². The van der Waals surface area contributed by atoms with Crippen molar-refractivity contribution in [1.29, 1.82) is 0 Å². The second-order valence-electron chi connectivity index (χ2n) is 10.7. The molecule has 6 rings (SSSR count). The van der Waals surface area contributed by atoms with E-state index in [-0.39, 0.29) is 0 Å². The van der Waals surface area contributed by atoms with Crippen LogP contribution in [0.3, 0.4) is 0 Å². The average Bonchev–Trinajstić information content (AvgIpc) is 2.67. The predicted molar refractivity (Wildman–Crippen MR) is 135 cm³/mol. The lowest BCUT2D eigenvalue weighted by molar-refractivity contribution is 0.649. The molecule has 0 aromatic heterocycles. The summed E-state index contributed by atoms with van der Waals surface area (Å²) in [5, 5.41) is 7.68. The minimum Gasteiger partial charge on any atom is -0.456 e. The molecular weight excluding hydrogens is 400 g/mol. The van der Waals surface area contributed by atoms with Gasteiger partial charge >= 0.3 is 0 Å². The second kappa shape index (κ2) is 5.56. The predicted octanol–water partition coefficient (Wildman–Crippen LogP) is 7.12. The van der Waals surface area contributed by atoms with E-state index in [1.807, 2.05) is 0 Å². The monoisotopic (exact) mass is 426 g/mol. The fourth-order valence-electron chi connectivity index (χ4n) is 5.00. The molecule has 2 nitrogen and oxygen atoms in total. The first-order valence-corrected chi connectivity index (χ1v) is 17.7. The van der Waals surface area contributed by atoms with Gasteiger partial charge in [-0.15, -0.1) is 0 Å². The van der Waals surface area contributed by atoms with E-state index in [0.717, 1.165) is 22.3 Å².